The van der Waals surface area contributed by atoms with Gasteiger partial charge in [0.25, 0.3) is 6.43 Å². The molecule has 0 aliphatic heterocycles. The molecule has 6 heteroatoms. The van der Waals surface area contributed by atoms with Crippen molar-refractivity contribution in [2.45, 2.75) is 51.2 Å². The van der Waals surface area contributed by atoms with Gasteiger partial charge in [-0.3, -0.25) is 4.68 Å². The fourth-order valence-electron chi connectivity index (χ4n) is 2.35. The quantitative estimate of drug-likeness (QED) is 0.908. The van der Waals surface area contributed by atoms with Crippen LogP contribution in [-0.2, 0) is 6.61 Å². The highest BCUT2D eigenvalue weighted by Crippen LogP contribution is 2.35. The van der Waals surface area contributed by atoms with Crippen molar-refractivity contribution in [1.29, 1.82) is 0 Å². The zero-order chi connectivity index (χ0) is 12.4. The molecule has 0 amide bonds. The van der Waals surface area contributed by atoms with Crippen molar-refractivity contribution in [3.63, 3.8) is 0 Å². The molecule has 1 fully saturated rings. The second-order valence-corrected chi connectivity index (χ2v) is 4.71. The summed E-state index contributed by atoms with van der Waals surface area (Å²) in [5.74, 6) is 0. The number of halogens is 3. The van der Waals surface area contributed by atoms with Gasteiger partial charge in [-0.2, -0.15) is 5.10 Å². The van der Waals surface area contributed by atoms with Crippen molar-refractivity contribution < 1.29 is 13.9 Å². The normalized spacial score (nSPS) is 17.9. The molecule has 1 heterocycles. The molecule has 0 spiro atoms. The maximum absolute atomic E-state index is 12.7. The van der Waals surface area contributed by atoms with Gasteiger partial charge in [-0.05, 0) is 12.8 Å². The van der Waals surface area contributed by atoms with E-state index in [0.717, 1.165) is 25.7 Å². The summed E-state index contributed by atoms with van der Waals surface area (Å²) in [6.07, 6.45) is 2.44. The largest absolute Gasteiger partial charge is 0.391 e. The van der Waals surface area contributed by atoms with Gasteiger partial charge in [-0.15, -0.1) is 0 Å². The molecule has 3 nitrogen and oxygen atoms in total. The van der Waals surface area contributed by atoms with Crippen LogP contribution in [-0.4, -0.2) is 14.9 Å². The molecule has 1 aromatic heterocycles. The first-order valence-electron chi connectivity index (χ1n) is 5.81. The Kier molecular flexibility index (Phi) is 3.99. The van der Waals surface area contributed by atoms with E-state index in [-0.39, 0.29) is 22.5 Å². The number of hydrogen-bond acceptors (Lipinski definition) is 2. The summed E-state index contributed by atoms with van der Waals surface area (Å²) < 4.78 is 26.9. The molecule has 0 atom stereocenters. The zero-order valence-corrected chi connectivity index (χ0v) is 10.1. The minimum absolute atomic E-state index is 0.0623. The predicted octanol–water partition coefficient (Wildman–Crippen LogP) is 3.47. The molecule has 0 bridgehead atoms. The molecule has 0 aromatic carbocycles. The second-order valence-electron chi connectivity index (χ2n) is 4.35. The lowest BCUT2D eigenvalue weighted by molar-refractivity contribution is 0.140. The molecule has 96 valence electrons. The molecular weight excluding hydrogens is 250 g/mol. The average Bonchev–Trinajstić information content (AvgIpc) is 2.67. The van der Waals surface area contributed by atoms with E-state index < -0.39 is 13.0 Å². The van der Waals surface area contributed by atoms with Crippen molar-refractivity contribution in [2.24, 2.45) is 0 Å². The van der Waals surface area contributed by atoms with Gasteiger partial charge in [0.15, 0.2) is 0 Å². The highest BCUT2D eigenvalue weighted by molar-refractivity contribution is 6.30. The van der Waals surface area contributed by atoms with Crippen LogP contribution >= 0.6 is 11.6 Å². The lowest BCUT2D eigenvalue weighted by atomic mass is 9.96. The topological polar surface area (TPSA) is 38.1 Å². The van der Waals surface area contributed by atoms with Crippen LogP contribution in [0.2, 0.25) is 5.15 Å². The molecule has 1 aliphatic rings. The molecule has 0 radical (unpaired) electrons. The van der Waals surface area contributed by atoms with Gasteiger partial charge in [0.05, 0.1) is 12.6 Å². The van der Waals surface area contributed by atoms with Crippen LogP contribution in [0.5, 0.6) is 0 Å². The number of alkyl halides is 2. The van der Waals surface area contributed by atoms with Crippen LogP contribution in [0.3, 0.4) is 0 Å². The van der Waals surface area contributed by atoms with Crippen molar-refractivity contribution in [2.75, 3.05) is 0 Å². The zero-order valence-electron chi connectivity index (χ0n) is 9.37. The number of aliphatic hydroxyl groups excluding tert-OH is 1. The van der Waals surface area contributed by atoms with E-state index in [1.807, 2.05) is 0 Å². The Hall–Kier alpha value is -0.680. The van der Waals surface area contributed by atoms with Crippen LogP contribution < -0.4 is 0 Å². The third kappa shape index (κ3) is 2.45. The van der Waals surface area contributed by atoms with Gasteiger partial charge >= 0.3 is 0 Å². The molecule has 1 saturated carbocycles. The highest BCUT2D eigenvalue weighted by atomic mass is 35.5. The maximum Gasteiger partial charge on any atom is 0.282 e. The van der Waals surface area contributed by atoms with Crippen LogP contribution in [0.1, 0.15) is 55.8 Å². The second kappa shape index (κ2) is 5.31. The molecule has 0 unspecified atom stereocenters. The van der Waals surface area contributed by atoms with Gasteiger partial charge in [0, 0.05) is 5.56 Å². The number of nitrogens with zero attached hydrogens (tertiary/aromatic N) is 2. The summed E-state index contributed by atoms with van der Waals surface area (Å²) in [6.45, 7) is -0.495. The first-order valence-corrected chi connectivity index (χ1v) is 6.18. The van der Waals surface area contributed by atoms with E-state index in [0.29, 0.717) is 0 Å². The Labute approximate surface area is 103 Å². The lowest BCUT2D eigenvalue weighted by Gasteiger charge is -2.22. The van der Waals surface area contributed by atoms with E-state index in [9.17, 15) is 8.78 Å². The monoisotopic (exact) mass is 264 g/mol. The van der Waals surface area contributed by atoms with Crippen LogP contribution in [0, 0.1) is 0 Å². The third-order valence-corrected chi connectivity index (χ3v) is 3.66. The van der Waals surface area contributed by atoms with Crippen LogP contribution in [0.15, 0.2) is 0 Å². The summed E-state index contributed by atoms with van der Waals surface area (Å²) >= 11 is 6.01. The van der Waals surface area contributed by atoms with E-state index in [1.54, 1.807) is 0 Å². The molecule has 1 N–H and O–H groups in total. The van der Waals surface area contributed by atoms with Crippen molar-refractivity contribution >= 4 is 11.6 Å². The number of aliphatic hydroxyl groups is 1. The molecule has 2 rings (SSSR count). The maximum atomic E-state index is 12.7. The average molecular weight is 265 g/mol. The van der Waals surface area contributed by atoms with Gasteiger partial charge in [-0.25, -0.2) is 8.78 Å². The highest BCUT2D eigenvalue weighted by Gasteiger charge is 2.26. The van der Waals surface area contributed by atoms with Crippen molar-refractivity contribution in [3.8, 4) is 0 Å². The minimum Gasteiger partial charge on any atom is -0.391 e. The molecule has 1 aromatic rings. The minimum atomic E-state index is -2.69. The van der Waals surface area contributed by atoms with E-state index in [2.05, 4.69) is 5.10 Å². The molecular formula is C11H15ClF2N2O. The van der Waals surface area contributed by atoms with Crippen LogP contribution in [0.25, 0.3) is 0 Å². The Morgan fingerprint density at radius 1 is 1.35 bits per heavy atom. The number of hydrogen-bond donors (Lipinski definition) is 1. The van der Waals surface area contributed by atoms with Gasteiger partial charge in [0.2, 0.25) is 0 Å². The van der Waals surface area contributed by atoms with Crippen LogP contribution in [0.4, 0.5) is 8.78 Å². The Morgan fingerprint density at radius 2 is 2.00 bits per heavy atom. The summed E-state index contributed by atoms with van der Waals surface area (Å²) in [5.41, 5.74) is -0.324. The van der Waals surface area contributed by atoms with E-state index in [1.165, 1.54) is 11.1 Å². The van der Waals surface area contributed by atoms with E-state index >= 15 is 0 Å². The van der Waals surface area contributed by atoms with Gasteiger partial charge in [0.1, 0.15) is 10.8 Å². The summed E-state index contributed by atoms with van der Waals surface area (Å²) in [4.78, 5) is 0. The number of aromatic nitrogens is 2. The third-order valence-electron chi connectivity index (χ3n) is 3.26. The molecule has 17 heavy (non-hydrogen) atoms. The first kappa shape index (κ1) is 12.8. The smallest absolute Gasteiger partial charge is 0.282 e. The Morgan fingerprint density at radius 3 is 2.47 bits per heavy atom. The SMILES string of the molecule is OCc1c(C(F)F)nn(C2CCCCC2)c1Cl. The predicted molar refractivity (Wildman–Crippen MR) is 60.2 cm³/mol. The summed E-state index contributed by atoms with van der Waals surface area (Å²) in [5, 5.41) is 13.1. The molecule has 1 aliphatic carbocycles. The Bertz CT molecular complexity index is 389. The number of rotatable bonds is 3. The molecule has 0 saturated heterocycles. The van der Waals surface area contributed by atoms with E-state index in [4.69, 9.17) is 16.7 Å². The fourth-order valence-corrected chi connectivity index (χ4v) is 2.69. The van der Waals surface area contributed by atoms with Crippen molar-refractivity contribution in [3.05, 3.63) is 16.4 Å². The van der Waals surface area contributed by atoms with Crippen molar-refractivity contribution in [1.82, 2.24) is 9.78 Å². The fraction of sp³-hybridized carbons (Fsp3) is 0.727. The standard InChI is InChI=1S/C11H15ClF2N2O/c12-10-8(6-17)9(11(13)14)15-16(10)7-4-2-1-3-5-7/h7,11,17H,1-6H2. The van der Waals surface area contributed by atoms with Gasteiger partial charge < -0.3 is 5.11 Å². The summed E-state index contributed by atoms with van der Waals surface area (Å²) in [6, 6.07) is 0.0917. The first-order chi connectivity index (χ1) is 8.15. The van der Waals surface area contributed by atoms with Gasteiger partial charge in [-0.1, -0.05) is 30.9 Å². The Balaban J connectivity index is 2.33. The summed E-state index contributed by atoms with van der Waals surface area (Å²) in [7, 11) is 0. The lowest BCUT2D eigenvalue weighted by Crippen LogP contribution is -2.14.